The zero-order chi connectivity index (χ0) is 17.5. The summed E-state index contributed by atoms with van der Waals surface area (Å²) in [6.07, 6.45) is 0.299. The monoisotopic (exact) mass is 322 g/mol. The van der Waals surface area contributed by atoms with Crippen molar-refractivity contribution in [2.45, 2.75) is 32.2 Å². The fourth-order valence-corrected chi connectivity index (χ4v) is 1.11. The Bertz CT molecular complexity index is 360. The van der Waals surface area contributed by atoms with Crippen LogP contribution < -0.4 is 11.1 Å². The smallest absolute Gasteiger partial charge is 0.320 e. The minimum absolute atomic E-state index is 0.0731. The molecule has 0 fully saturated rings. The number of nitrogens with one attached hydrogen (secondary N) is 1. The van der Waals surface area contributed by atoms with Crippen LogP contribution in [0.3, 0.4) is 0 Å². The molecular weight excluding hydrogens is 300 g/mol. The SMILES string of the molecule is CCCNC(CCOC(=O)CN)C(=O)O.O=C(O)CC(=O)O. The summed E-state index contributed by atoms with van der Waals surface area (Å²) >= 11 is 0. The van der Waals surface area contributed by atoms with Gasteiger partial charge in [0.15, 0.2) is 0 Å². The van der Waals surface area contributed by atoms with Crippen LogP contribution in [-0.2, 0) is 23.9 Å². The second kappa shape index (κ2) is 13.8. The predicted octanol–water partition coefficient (Wildman–Crippen LogP) is -1.12. The summed E-state index contributed by atoms with van der Waals surface area (Å²) in [6, 6.07) is -0.671. The van der Waals surface area contributed by atoms with E-state index < -0.39 is 36.3 Å². The van der Waals surface area contributed by atoms with Gasteiger partial charge < -0.3 is 31.1 Å². The molecule has 0 radical (unpaired) electrons. The summed E-state index contributed by atoms with van der Waals surface area (Å²) < 4.78 is 4.68. The van der Waals surface area contributed by atoms with Crippen molar-refractivity contribution < 1.29 is 39.2 Å². The molecule has 22 heavy (non-hydrogen) atoms. The predicted molar refractivity (Wildman–Crippen MR) is 74.2 cm³/mol. The first kappa shape index (κ1) is 22.1. The van der Waals surface area contributed by atoms with E-state index in [1.165, 1.54) is 0 Å². The highest BCUT2D eigenvalue weighted by Gasteiger charge is 2.16. The molecule has 0 saturated carbocycles. The van der Waals surface area contributed by atoms with Crippen molar-refractivity contribution in [2.24, 2.45) is 5.73 Å². The summed E-state index contributed by atoms with van der Waals surface area (Å²) in [7, 11) is 0. The first-order chi connectivity index (χ1) is 10.2. The standard InChI is InChI=1S/C9H18N2O4.C3H4O4/c1-2-4-11-7(9(13)14)3-5-15-8(12)6-10;4-2(5)1-3(6)7/h7,11H,2-6,10H2,1H3,(H,13,14);1H2,(H,4,5)(H,6,7). The van der Waals surface area contributed by atoms with Crippen LogP contribution in [0, 0.1) is 0 Å². The minimum atomic E-state index is -1.31. The van der Waals surface area contributed by atoms with Gasteiger partial charge in [-0.2, -0.15) is 0 Å². The summed E-state index contributed by atoms with van der Waals surface area (Å²) in [5, 5.41) is 27.0. The quantitative estimate of drug-likeness (QED) is 0.244. The lowest BCUT2D eigenvalue weighted by atomic mass is 10.2. The van der Waals surface area contributed by atoms with E-state index in [4.69, 9.17) is 21.1 Å². The number of carbonyl (C=O) groups excluding carboxylic acids is 1. The van der Waals surface area contributed by atoms with E-state index in [0.29, 0.717) is 6.54 Å². The van der Waals surface area contributed by atoms with Crippen LogP contribution in [0.25, 0.3) is 0 Å². The van der Waals surface area contributed by atoms with Gasteiger partial charge in [-0.25, -0.2) is 0 Å². The van der Waals surface area contributed by atoms with Crippen LogP contribution in [0.4, 0.5) is 0 Å². The molecule has 0 aliphatic rings. The Morgan fingerprint density at radius 3 is 2.00 bits per heavy atom. The van der Waals surface area contributed by atoms with Crippen molar-refractivity contribution in [2.75, 3.05) is 19.7 Å². The van der Waals surface area contributed by atoms with Gasteiger partial charge in [-0.05, 0) is 13.0 Å². The number of carboxylic acids is 3. The molecule has 0 amide bonds. The van der Waals surface area contributed by atoms with Crippen molar-refractivity contribution in [3.8, 4) is 0 Å². The molecule has 0 aromatic rings. The summed E-state index contributed by atoms with van der Waals surface area (Å²) in [5.41, 5.74) is 5.02. The van der Waals surface area contributed by atoms with Crippen molar-refractivity contribution >= 4 is 23.9 Å². The molecule has 0 rings (SSSR count). The Hall–Kier alpha value is -2.20. The van der Waals surface area contributed by atoms with Crippen LogP contribution in [0.1, 0.15) is 26.2 Å². The molecular formula is C12H22N2O8. The zero-order valence-corrected chi connectivity index (χ0v) is 12.3. The topological polar surface area (TPSA) is 176 Å². The van der Waals surface area contributed by atoms with Crippen LogP contribution in [0.5, 0.6) is 0 Å². The molecule has 0 saturated heterocycles. The molecule has 6 N–H and O–H groups in total. The van der Waals surface area contributed by atoms with Gasteiger partial charge in [0.05, 0.1) is 13.2 Å². The number of aliphatic carboxylic acids is 3. The van der Waals surface area contributed by atoms with E-state index in [9.17, 15) is 19.2 Å². The average Bonchev–Trinajstić information content (AvgIpc) is 2.40. The normalized spacial score (nSPS) is 10.8. The molecule has 0 heterocycles. The number of carboxylic acid groups (broad SMARTS) is 3. The molecule has 0 aromatic heterocycles. The van der Waals surface area contributed by atoms with E-state index in [-0.39, 0.29) is 19.6 Å². The van der Waals surface area contributed by atoms with Crippen molar-refractivity contribution in [3.63, 3.8) is 0 Å². The second-order valence-corrected chi connectivity index (χ2v) is 4.02. The Kier molecular flexibility index (Phi) is 13.8. The highest BCUT2D eigenvalue weighted by atomic mass is 16.5. The number of esters is 1. The highest BCUT2D eigenvalue weighted by molar-refractivity contribution is 5.88. The summed E-state index contributed by atoms with van der Waals surface area (Å²) in [6.45, 7) is 2.46. The molecule has 0 aromatic carbocycles. The molecule has 0 aliphatic carbocycles. The fourth-order valence-electron chi connectivity index (χ4n) is 1.11. The maximum absolute atomic E-state index is 10.7. The number of carbonyl (C=O) groups is 4. The van der Waals surface area contributed by atoms with Gasteiger partial charge in [-0.3, -0.25) is 19.2 Å². The Morgan fingerprint density at radius 2 is 1.68 bits per heavy atom. The number of rotatable bonds is 10. The number of nitrogens with two attached hydrogens (primary N) is 1. The third kappa shape index (κ3) is 15.9. The molecule has 0 bridgehead atoms. The number of hydrogen-bond donors (Lipinski definition) is 5. The molecule has 1 atom stereocenters. The first-order valence-electron chi connectivity index (χ1n) is 6.50. The minimum Gasteiger partial charge on any atom is -0.481 e. The van der Waals surface area contributed by atoms with Gasteiger partial charge >= 0.3 is 23.9 Å². The molecule has 1 unspecified atom stereocenters. The van der Waals surface area contributed by atoms with Crippen molar-refractivity contribution in [1.29, 1.82) is 0 Å². The summed E-state index contributed by atoms with van der Waals surface area (Å²) in [4.78, 5) is 40.2. The van der Waals surface area contributed by atoms with E-state index in [1.807, 2.05) is 6.92 Å². The lowest BCUT2D eigenvalue weighted by Gasteiger charge is -2.13. The van der Waals surface area contributed by atoms with Gasteiger partial charge in [0, 0.05) is 6.42 Å². The van der Waals surface area contributed by atoms with Gasteiger partial charge in [0.1, 0.15) is 12.5 Å². The largest absolute Gasteiger partial charge is 0.481 e. The molecule has 0 spiro atoms. The first-order valence-corrected chi connectivity index (χ1v) is 6.50. The molecule has 10 nitrogen and oxygen atoms in total. The Balaban J connectivity index is 0. The van der Waals surface area contributed by atoms with Gasteiger partial charge in [0.25, 0.3) is 0 Å². The zero-order valence-electron chi connectivity index (χ0n) is 12.3. The molecule has 0 aliphatic heterocycles. The average molecular weight is 322 g/mol. The van der Waals surface area contributed by atoms with Crippen molar-refractivity contribution in [3.05, 3.63) is 0 Å². The lowest BCUT2D eigenvalue weighted by molar-refractivity contribution is -0.147. The van der Waals surface area contributed by atoms with E-state index in [0.717, 1.165) is 6.42 Å². The van der Waals surface area contributed by atoms with Crippen LogP contribution >= 0.6 is 0 Å². The van der Waals surface area contributed by atoms with E-state index >= 15 is 0 Å². The highest BCUT2D eigenvalue weighted by Crippen LogP contribution is 1.94. The van der Waals surface area contributed by atoms with Gasteiger partial charge in [-0.15, -0.1) is 0 Å². The van der Waals surface area contributed by atoms with Gasteiger partial charge in [-0.1, -0.05) is 6.92 Å². The maximum Gasteiger partial charge on any atom is 0.320 e. The van der Waals surface area contributed by atoms with Gasteiger partial charge in [0.2, 0.25) is 0 Å². The molecule has 10 heteroatoms. The Labute approximate surface area is 127 Å². The summed E-state index contributed by atoms with van der Waals surface area (Å²) in [5.74, 6) is -4.08. The molecule has 128 valence electrons. The number of ether oxygens (including phenoxy) is 1. The van der Waals surface area contributed by atoms with Crippen LogP contribution in [0.2, 0.25) is 0 Å². The third-order valence-corrected chi connectivity index (χ3v) is 2.08. The third-order valence-electron chi connectivity index (χ3n) is 2.08. The van der Waals surface area contributed by atoms with Crippen LogP contribution in [0.15, 0.2) is 0 Å². The Morgan fingerprint density at radius 1 is 1.14 bits per heavy atom. The van der Waals surface area contributed by atoms with E-state index in [1.54, 1.807) is 0 Å². The lowest BCUT2D eigenvalue weighted by Crippen LogP contribution is -2.38. The fraction of sp³-hybridized carbons (Fsp3) is 0.667. The van der Waals surface area contributed by atoms with Crippen molar-refractivity contribution in [1.82, 2.24) is 5.32 Å². The second-order valence-electron chi connectivity index (χ2n) is 4.02. The maximum atomic E-state index is 10.7. The van der Waals surface area contributed by atoms with E-state index in [2.05, 4.69) is 10.1 Å². The van der Waals surface area contributed by atoms with Crippen LogP contribution in [-0.4, -0.2) is 64.9 Å². The number of hydrogen-bond acceptors (Lipinski definition) is 7.